The molecule has 1 amide bonds. The largest absolute Gasteiger partial charge is 0.502 e. The number of unbranched alkanes of at least 4 members (excludes halogenated alkanes) is 2. The smallest absolute Gasteiger partial charge is 0.243 e. The van der Waals surface area contributed by atoms with E-state index in [0.717, 1.165) is 25.9 Å². The second kappa shape index (κ2) is 9.84. The van der Waals surface area contributed by atoms with Gasteiger partial charge in [-0.05, 0) is 32.3 Å². The number of amides is 1. The van der Waals surface area contributed by atoms with Crippen LogP contribution in [0.4, 0.5) is 0 Å². The van der Waals surface area contributed by atoms with Crippen molar-refractivity contribution in [2.45, 2.75) is 26.2 Å². The Morgan fingerprint density at radius 3 is 2.86 bits per heavy atom. The van der Waals surface area contributed by atoms with Crippen molar-refractivity contribution in [3.63, 3.8) is 0 Å². The number of nitrogens with one attached hydrogen (secondary N) is 1. The van der Waals surface area contributed by atoms with Gasteiger partial charge in [0.1, 0.15) is 0 Å². The van der Waals surface area contributed by atoms with Gasteiger partial charge >= 0.3 is 0 Å². The molecule has 3 heteroatoms. The van der Waals surface area contributed by atoms with E-state index in [0.29, 0.717) is 6.54 Å². The molecule has 0 aromatic carbocycles. The Hall–Kier alpha value is -1.25. The molecule has 0 spiro atoms. The van der Waals surface area contributed by atoms with Crippen molar-refractivity contribution in [2.75, 3.05) is 13.2 Å². The summed E-state index contributed by atoms with van der Waals surface area (Å²) in [4.78, 5) is 10.7. The van der Waals surface area contributed by atoms with Crippen LogP contribution >= 0.6 is 0 Å². The van der Waals surface area contributed by atoms with Crippen LogP contribution in [0.2, 0.25) is 0 Å². The van der Waals surface area contributed by atoms with Crippen LogP contribution in [0.25, 0.3) is 0 Å². The molecule has 0 aliphatic heterocycles. The van der Waals surface area contributed by atoms with Crippen LogP contribution in [-0.2, 0) is 9.53 Å². The van der Waals surface area contributed by atoms with E-state index in [2.05, 4.69) is 11.9 Å². The van der Waals surface area contributed by atoms with E-state index in [9.17, 15) is 4.79 Å². The molecule has 0 saturated carbocycles. The summed E-state index contributed by atoms with van der Waals surface area (Å²) in [6, 6.07) is 0. The fourth-order valence-electron chi connectivity index (χ4n) is 0.935. The molecule has 0 aromatic heterocycles. The molecular weight excluding hydrogens is 178 g/mol. The van der Waals surface area contributed by atoms with Gasteiger partial charge in [-0.15, -0.1) is 0 Å². The molecule has 0 bridgehead atoms. The fourth-order valence-corrected chi connectivity index (χ4v) is 0.935. The van der Waals surface area contributed by atoms with Crippen LogP contribution in [0.15, 0.2) is 25.0 Å². The average molecular weight is 197 g/mol. The van der Waals surface area contributed by atoms with Gasteiger partial charge in [0.2, 0.25) is 5.91 Å². The number of ether oxygens (including phenoxy) is 1. The Bertz CT molecular complexity index is 188. The zero-order valence-electron chi connectivity index (χ0n) is 8.79. The molecule has 0 fully saturated rings. The molecule has 0 heterocycles. The zero-order valence-corrected chi connectivity index (χ0v) is 8.79. The summed E-state index contributed by atoms with van der Waals surface area (Å²) in [5.74, 6) is -0.102. The maximum Gasteiger partial charge on any atom is 0.243 e. The van der Waals surface area contributed by atoms with E-state index in [4.69, 9.17) is 4.74 Å². The topological polar surface area (TPSA) is 38.3 Å². The van der Waals surface area contributed by atoms with Gasteiger partial charge in [-0.25, -0.2) is 0 Å². The van der Waals surface area contributed by atoms with Crippen molar-refractivity contribution >= 4 is 5.91 Å². The lowest BCUT2D eigenvalue weighted by atomic mass is 10.2. The van der Waals surface area contributed by atoms with Gasteiger partial charge < -0.3 is 10.1 Å². The minimum atomic E-state index is -0.102. The molecule has 0 aliphatic rings. The molecule has 0 aliphatic carbocycles. The first kappa shape index (κ1) is 12.8. The minimum Gasteiger partial charge on any atom is -0.502 e. The molecule has 0 radical (unpaired) electrons. The van der Waals surface area contributed by atoms with Crippen LogP contribution in [0.5, 0.6) is 0 Å². The highest BCUT2D eigenvalue weighted by Crippen LogP contribution is 1.95. The Morgan fingerprint density at radius 2 is 2.21 bits per heavy atom. The molecular formula is C11H19NO2. The fraction of sp³-hybridized carbons (Fsp3) is 0.545. The maximum absolute atomic E-state index is 10.7. The van der Waals surface area contributed by atoms with Gasteiger partial charge in [-0.2, -0.15) is 0 Å². The third-order valence-corrected chi connectivity index (χ3v) is 1.66. The molecule has 1 N–H and O–H groups in total. The molecule has 0 unspecified atom stereocenters. The highest BCUT2D eigenvalue weighted by Gasteiger charge is 1.92. The molecule has 14 heavy (non-hydrogen) atoms. The average Bonchev–Trinajstić information content (AvgIpc) is 2.21. The van der Waals surface area contributed by atoms with Crippen molar-refractivity contribution in [1.82, 2.24) is 5.32 Å². The minimum absolute atomic E-state index is 0.102. The lowest BCUT2D eigenvalue weighted by Gasteiger charge is -2.02. The molecule has 3 nitrogen and oxygen atoms in total. The summed E-state index contributed by atoms with van der Waals surface area (Å²) in [6.07, 6.45) is 7.92. The van der Waals surface area contributed by atoms with E-state index in [-0.39, 0.29) is 5.91 Å². The lowest BCUT2D eigenvalue weighted by Crippen LogP contribution is -2.21. The highest BCUT2D eigenvalue weighted by atomic mass is 16.5. The van der Waals surface area contributed by atoms with Crippen LogP contribution < -0.4 is 5.32 Å². The number of hydrogen-bond acceptors (Lipinski definition) is 2. The number of carbonyl (C=O) groups is 1. The van der Waals surface area contributed by atoms with Crippen LogP contribution in [0, 0.1) is 0 Å². The SMILES string of the molecule is C=CC(=O)NCCCCCO/C=C\C. The number of carbonyl (C=O) groups excluding carboxylic acids is 1. The van der Waals surface area contributed by atoms with Crippen molar-refractivity contribution < 1.29 is 9.53 Å². The number of hydrogen-bond donors (Lipinski definition) is 1. The van der Waals surface area contributed by atoms with E-state index < -0.39 is 0 Å². The predicted molar refractivity (Wildman–Crippen MR) is 57.8 cm³/mol. The standard InChI is InChI=1S/C11H19NO2/c1-3-9-14-10-7-5-6-8-12-11(13)4-2/h3-4,9H,2,5-8,10H2,1H3,(H,12,13)/b9-3-. The van der Waals surface area contributed by atoms with Gasteiger partial charge in [-0.3, -0.25) is 4.79 Å². The van der Waals surface area contributed by atoms with Gasteiger partial charge in [0.25, 0.3) is 0 Å². The Labute approximate surface area is 85.8 Å². The Balaban J connectivity index is 3.06. The number of rotatable bonds is 8. The van der Waals surface area contributed by atoms with Crippen molar-refractivity contribution in [1.29, 1.82) is 0 Å². The lowest BCUT2D eigenvalue weighted by molar-refractivity contribution is -0.116. The van der Waals surface area contributed by atoms with Gasteiger partial charge in [0, 0.05) is 6.54 Å². The van der Waals surface area contributed by atoms with Gasteiger partial charge in [-0.1, -0.05) is 12.7 Å². The Kier molecular flexibility index (Phi) is 8.96. The Morgan fingerprint density at radius 1 is 1.43 bits per heavy atom. The second-order valence-electron chi connectivity index (χ2n) is 2.90. The van der Waals surface area contributed by atoms with Crippen molar-refractivity contribution in [3.05, 3.63) is 25.0 Å². The molecule has 0 saturated heterocycles. The first-order valence-corrected chi connectivity index (χ1v) is 4.94. The summed E-state index contributed by atoms with van der Waals surface area (Å²) in [5, 5.41) is 2.72. The third kappa shape index (κ3) is 8.84. The van der Waals surface area contributed by atoms with E-state index >= 15 is 0 Å². The number of allylic oxidation sites excluding steroid dienone is 1. The zero-order chi connectivity index (χ0) is 10.6. The van der Waals surface area contributed by atoms with Crippen LogP contribution in [-0.4, -0.2) is 19.1 Å². The summed E-state index contributed by atoms with van der Waals surface area (Å²) in [6.45, 7) is 6.76. The predicted octanol–water partition coefficient (Wildman–Crippen LogP) is 2.01. The molecule has 80 valence electrons. The van der Waals surface area contributed by atoms with E-state index in [1.54, 1.807) is 6.26 Å². The van der Waals surface area contributed by atoms with Crippen molar-refractivity contribution in [2.24, 2.45) is 0 Å². The maximum atomic E-state index is 10.7. The monoisotopic (exact) mass is 197 g/mol. The normalized spacial score (nSPS) is 10.1. The summed E-state index contributed by atoms with van der Waals surface area (Å²) in [7, 11) is 0. The molecule has 0 aromatic rings. The van der Waals surface area contributed by atoms with Gasteiger partial charge in [0.15, 0.2) is 0 Å². The van der Waals surface area contributed by atoms with Crippen LogP contribution in [0.3, 0.4) is 0 Å². The quantitative estimate of drug-likeness (QED) is 0.367. The van der Waals surface area contributed by atoms with Gasteiger partial charge in [0.05, 0.1) is 12.9 Å². The summed E-state index contributed by atoms with van der Waals surface area (Å²) >= 11 is 0. The van der Waals surface area contributed by atoms with Crippen molar-refractivity contribution in [3.8, 4) is 0 Å². The third-order valence-electron chi connectivity index (χ3n) is 1.66. The summed E-state index contributed by atoms with van der Waals surface area (Å²) in [5.41, 5.74) is 0. The second-order valence-corrected chi connectivity index (χ2v) is 2.90. The highest BCUT2D eigenvalue weighted by molar-refractivity contribution is 5.86. The van der Waals surface area contributed by atoms with E-state index in [1.165, 1.54) is 6.08 Å². The first-order chi connectivity index (χ1) is 6.81. The summed E-state index contributed by atoms with van der Waals surface area (Å²) < 4.78 is 5.15. The first-order valence-electron chi connectivity index (χ1n) is 4.94. The molecule has 0 atom stereocenters. The molecule has 0 rings (SSSR count). The van der Waals surface area contributed by atoms with Crippen LogP contribution in [0.1, 0.15) is 26.2 Å². The van der Waals surface area contributed by atoms with E-state index in [1.807, 2.05) is 13.0 Å².